The molecule has 1 saturated heterocycles. The minimum absolute atomic E-state index is 0.0645. The van der Waals surface area contributed by atoms with Crippen molar-refractivity contribution in [2.24, 2.45) is 0 Å². The van der Waals surface area contributed by atoms with Gasteiger partial charge in [0.15, 0.2) is 21.0 Å². The number of aromatic nitrogens is 4. The van der Waals surface area contributed by atoms with Gasteiger partial charge in [0, 0.05) is 0 Å². The van der Waals surface area contributed by atoms with Gasteiger partial charge in [-0.3, -0.25) is 4.57 Å². The summed E-state index contributed by atoms with van der Waals surface area (Å²) in [5, 5.41) is 0. The molecular weight excluding hydrogens is 270 g/mol. The van der Waals surface area contributed by atoms with Crippen LogP contribution in [0.4, 0.5) is 5.95 Å². The van der Waals surface area contributed by atoms with Gasteiger partial charge in [-0.1, -0.05) is 0 Å². The first-order valence-corrected chi connectivity index (χ1v) is 7.57. The molecule has 1 aliphatic heterocycles. The summed E-state index contributed by atoms with van der Waals surface area (Å²) >= 11 is 0. The predicted octanol–water partition coefficient (Wildman–Crippen LogP) is -0.223. The standard InChI is InChI=1S/C10H13N5O3S/c1-18-9-7-8(12-5-13-9)15(10(11)14-7)6-2-3-19(16,17)4-6/h5-6H,2-4H2,1H3,(H2,11,14). The average Bonchev–Trinajstić information content (AvgIpc) is 2.87. The Kier molecular flexibility index (Phi) is 2.59. The molecule has 19 heavy (non-hydrogen) atoms. The molecule has 0 spiro atoms. The first-order valence-electron chi connectivity index (χ1n) is 5.74. The van der Waals surface area contributed by atoms with E-state index in [2.05, 4.69) is 15.0 Å². The van der Waals surface area contributed by atoms with Crippen molar-refractivity contribution in [3.05, 3.63) is 6.33 Å². The first kappa shape index (κ1) is 12.2. The van der Waals surface area contributed by atoms with Gasteiger partial charge < -0.3 is 10.5 Å². The number of ether oxygens (including phenoxy) is 1. The summed E-state index contributed by atoms with van der Waals surface area (Å²) < 4.78 is 29.9. The minimum Gasteiger partial charge on any atom is -0.479 e. The Bertz CT molecular complexity index is 739. The lowest BCUT2D eigenvalue weighted by atomic mass is 10.2. The molecule has 1 aliphatic rings. The van der Waals surface area contributed by atoms with Gasteiger partial charge in [-0.25, -0.2) is 18.4 Å². The van der Waals surface area contributed by atoms with Crippen LogP contribution >= 0.6 is 0 Å². The highest BCUT2D eigenvalue weighted by Gasteiger charge is 2.32. The second-order valence-electron chi connectivity index (χ2n) is 4.45. The van der Waals surface area contributed by atoms with Crippen LogP contribution in [0.2, 0.25) is 0 Å². The molecule has 0 bridgehead atoms. The lowest BCUT2D eigenvalue weighted by molar-refractivity contribution is 0.401. The van der Waals surface area contributed by atoms with E-state index in [0.29, 0.717) is 23.5 Å². The fourth-order valence-corrected chi connectivity index (χ4v) is 4.09. The number of nitrogens with two attached hydrogens (primary N) is 1. The molecule has 0 radical (unpaired) electrons. The zero-order valence-electron chi connectivity index (χ0n) is 10.3. The largest absolute Gasteiger partial charge is 0.479 e. The Morgan fingerprint density at radius 3 is 2.89 bits per heavy atom. The van der Waals surface area contributed by atoms with E-state index in [9.17, 15) is 8.42 Å². The Morgan fingerprint density at radius 1 is 1.47 bits per heavy atom. The Hall–Kier alpha value is -1.90. The zero-order chi connectivity index (χ0) is 13.6. The summed E-state index contributed by atoms with van der Waals surface area (Å²) in [7, 11) is -1.52. The van der Waals surface area contributed by atoms with Crippen molar-refractivity contribution in [3.8, 4) is 5.88 Å². The van der Waals surface area contributed by atoms with Crippen LogP contribution < -0.4 is 10.5 Å². The Labute approximate surface area is 109 Å². The van der Waals surface area contributed by atoms with E-state index in [1.165, 1.54) is 13.4 Å². The second-order valence-corrected chi connectivity index (χ2v) is 6.68. The molecule has 3 rings (SSSR count). The summed E-state index contributed by atoms with van der Waals surface area (Å²) in [5.74, 6) is 0.792. The van der Waals surface area contributed by atoms with Crippen molar-refractivity contribution >= 4 is 26.9 Å². The molecule has 0 aromatic carbocycles. The molecule has 2 N–H and O–H groups in total. The number of imidazole rings is 1. The number of hydrogen-bond acceptors (Lipinski definition) is 7. The van der Waals surface area contributed by atoms with Gasteiger partial charge in [0.1, 0.15) is 6.33 Å². The van der Waals surface area contributed by atoms with Gasteiger partial charge in [0.25, 0.3) is 0 Å². The van der Waals surface area contributed by atoms with Crippen molar-refractivity contribution in [2.45, 2.75) is 12.5 Å². The molecule has 1 atom stereocenters. The third-order valence-electron chi connectivity index (χ3n) is 3.24. The van der Waals surface area contributed by atoms with Crippen LogP contribution in [0.3, 0.4) is 0 Å². The minimum atomic E-state index is -3.00. The van der Waals surface area contributed by atoms with Gasteiger partial charge in [-0.05, 0) is 6.42 Å². The van der Waals surface area contributed by atoms with Crippen LogP contribution in [-0.2, 0) is 9.84 Å². The van der Waals surface area contributed by atoms with E-state index in [0.717, 1.165) is 0 Å². The summed E-state index contributed by atoms with van der Waals surface area (Å²) in [4.78, 5) is 12.3. The van der Waals surface area contributed by atoms with Crippen LogP contribution in [0.1, 0.15) is 12.5 Å². The monoisotopic (exact) mass is 283 g/mol. The van der Waals surface area contributed by atoms with Crippen molar-refractivity contribution in [2.75, 3.05) is 24.3 Å². The molecule has 1 fully saturated rings. The molecule has 8 nitrogen and oxygen atoms in total. The van der Waals surface area contributed by atoms with E-state index in [4.69, 9.17) is 10.5 Å². The number of sulfone groups is 1. The van der Waals surface area contributed by atoms with Gasteiger partial charge in [0.2, 0.25) is 11.8 Å². The second kappa shape index (κ2) is 4.05. The third kappa shape index (κ3) is 1.89. The van der Waals surface area contributed by atoms with E-state index in [1.54, 1.807) is 4.57 Å². The van der Waals surface area contributed by atoms with Gasteiger partial charge in [-0.15, -0.1) is 0 Å². The van der Waals surface area contributed by atoms with E-state index in [-0.39, 0.29) is 23.5 Å². The molecule has 2 aromatic rings. The van der Waals surface area contributed by atoms with Crippen LogP contribution in [0.5, 0.6) is 5.88 Å². The fourth-order valence-electron chi connectivity index (χ4n) is 2.39. The normalized spacial score (nSPS) is 21.8. The molecule has 102 valence electrons. The molecular formula is C10H13N5O3S. The molecule has 0 saturated carbocycles. The van der Waals surface area contributed by atoms with Crippen LogP contribution in [0.15, 0.2) is 6.33 Å². The van der Waals surface area contributed by atoms with E-state index in [1.807, 2.05) is 0 Å². The molecule has 2 aromatic heterocycles. The van der Waals surface area contributed by atoms with E-state index >= 15 is 0 Å². The quantitative estimate of drug-likeness (QED) is 0.810. The maximum atomic E-state index is 11.6. The number of fused-ring (bicyclic) bond motifs is 1. The number of rotatable bonds is 2. The van der Waals surface area contributed by atoms with Crippen LogP contribution in [0.25, 0.3) is 11.2 Å². The number of methoxy groups -OCH3 is 1. The smallest absolute Gasteiger partial charge is 0.245 e. The van der Waals surface area contributed by atoms with Gasteiger partial charge in [-0.2, -0.15) is 4.98 Å². The zero-order valence-corrected chi connectivity index (χ0v) is 11.1. The average molecular weight is 283 g/mol. The predicted molar refractivity (Wildman–Crippen MR) is 68.6 cm³/mol. The molecule has 9 heteroatoms. The highest BCUT2D eigenvalue weighted by molar-refractivity contribution is 7.91. The van der Waals surface area contributed by atoms with Crippen molar-refractivity contribution in [3.63, 3.8) is 0 Å². The third-order valence-corrected chi connectivity index (χ3v) is 4.99. The number of nitrogens with zero attached hydrogens (tertiary/aromatic N) is 4. The van der Waals surface area contributed by atoms with Crippen LogP contribution in [-0.4, -0.2) is 46.6 Å². The SMILES string of the molecule is COc1ncnc2c1nc(N)n2C1CCS(=O)(=O)C1. The summed E-state index contributed by atoms with van der Waals surface area (Å²) in [6.45, 7) is 0. The summed E-state index contributed by atoms with van der Waals surface area (Å²) in [6, 6.07) is -0.227. The van der Waals surface area contributed by atoms with Crippen molar-refractivity contribution in [1.82, 2.24) is 19.5 Å². The van der Waals surface area contributed by atoms with Gasteiger partial charge >= 0.3 is 0 Å². The highest BCUT2D eigenvalue weighted by Crippen LogP contribution is 2.31. The van der Waals surface area contributed by atoms with Crippen LogP contribution in [0, 0.1) is 0 Å². The number of anilines is 1. The number of nitrogen functional groups attached to an aromatic ring is 1. The topological polar surface area (TPSA) is 113 Å². The Balaban J connectivity index is 2.17. The molecule has 3 heterocycles. The lowest BCUT2D eigenvalue weighted by Gasteiger charge is -2.11. The Morgan fingerprint density at radius 2 is 2.26 bits per heavy atom. The number of hydrogen-bond donors (Lipinski definition) is 1. The molecule has 0 aliphatic carbocycles. The fraction of sp³-hybridized carbons (Fsp3) is 0.500. The maximum Gasteiger partial charge on any atom is 0.245 e. The van der Waals surface area contributed by atoms with E-state index < -0.39 is 9.84 Å². The highest BCUT2D eigenvalue weighted by atomic mass is 32.2. The molecule has 1 unspecified atom stereocenters. The van der Waals surface area contributed by atoms with Gasteiger partial charge in [0.05, 0.1) is 24.7 Å². The maximum absolute atomic E-state index is 11.6. The summed E-state index contributed by atoms with van der Waals surface area (Å²) in [5.41, 5.74) is 6.84. The molecule has 0 amide bonds. The van der Waals surface area contributed by atoms with Crippen molar-refractivity contribution in [1.29, 1.82) is 0 Å². The van der Waals surface area contributed by atoms with Crippen molar-refractivity contribution < 1.29 is 13.2 Å². The summed E-state index contributed by atoms with van der Waals surface area (Å²) in [6.07, 6.45) is 1.87. The lowest BCUT2D eigenvalue weighted by Crippen LogP contribution is -2.14. The first-order chi connectivity index (χ1) is 9.02.